The third-order valence-electron chi connectivity index (χ3n) is 3.88. The third kappa shape index (κ3) is 2.87. The first kappa shape index (κ1) is 13.8. The van der Waals surface area contributed by atoms with Crippen LogP contribution in [0, 0.1) is 5.92 Å². The van der Waals surface area contributed by atoms with Crippen LogP contribution >= 0.6 is 15.9 Å². The molecule has 18 heavy (non-hydrogen) atoms. The zero-order chi connectivity index (χ0) is 13.1. The molecule has 0 aromatic heterocycles. The van der Waals surface area contributed by atoms with Gasteiger partial charge in [0.2, 0.25) is 0 Å². The van der Waals surface area contributed by atoms with Gasteiger partial charge in [-0.25, -0.2) is 0 Å². The van der Waals surface area contributed by atoms with Crippen LogP contribution in [0.3, 0.4) is 0 Å². The molecular formula is C14H20BrNO2. The Bertz CT molecular complexity index is 405. The predicted molar refractivity (Wildman–Crippen MR) is 75.3 cm³/mol. The van der Waals surface area contributed by atoms with Gasteiger partial charge in [0.25, 0.3) is 0 Å². The summed E-state index contributed by atoms with van der Waals surface area (Å²) in [7, 11) is 0. The van der Waals surface area contributed by atoms with Crippen LogP contribution in [-0.4, -0.2) is 16.3 Å². The van der Waals surface area contributed by atoms with Crippen molar-refractivity contribution in [3.63, 3.8) is 0 Å². The molecule has 4 heteroatoms. The molecule has 0 saturated heterocycles. The first-order valence-electron chi connectivity index (χ1n) is 6.52. The van der Waals surface area contributed by atoms with Crippen LogP contribution in [0.4, 0.5) is 0 Å². The lowest BCUT2D eigenvalue weighted by Crippen LogP contribution is -2.34. The number of rotatable bonds is 3. The molecule has 0 unspecified atom stereocenters. The van der Waals surface area contributed by atoms with Gasteiger partial charge in [-0.05, 0) is 40.8 Å². The molecule has 3 nitrogen and oxygen atoms in total. The fourth-order valence-corrected chi connectivity index (χ4v) is 3.14. The molecule has 0 bridgehead atoms. The lowest BCUT2D eigenvalue weighted by atomic mass is 9.81. The molecule has 0 aliphatic heterocycles. The van der Waals surface area contributed by atoms with Crippen molar-refractivity contribution in [2.45, 2.75) is 44.2 Å². The average molecular weight is 314 g/mol. The van der Waals surface area contributed by atoms with E-state index in [0.717, 1.165) is 12.8 Å². The van der Waals surface area contributed by atoms with E-state index < -0.39 is 12.1 Å². The summed E-state index contributed by atoms with van der Waals surface area (Å²) in [6.07, 6.45) is 5.07. The van der Waals surface area contributed by atoms with Crippen LogP contribution in [0.25, 0.3) is 0 Å². The SMILES string of the molecule is N[C@@H](c1cccc(Br)c1O)[C@H](O)C1CCCCC1. The minimum absolute atomic E-state index is 0.139. The molecule has 0 radical (unpaired) electrons. The smallest absolute Gasteiger partial charge is 0.134 e. The van der Waals surface area contributed by atoms with Crippen molar-refractivity contribution in [1.29, 1.82) is 0 Å². The highest BCUT2D eigenvalue weighted by Gasteiger charge is 2.29. The maximum absolute atomic E-state index is 10.4. The summed E-state index contributed by atoms with van der Waals surface area (Å²) < 4.78 is 0.617. The molecule has 1 fully saturated rings. The molecule has 4 N–H and O–H groups in total. The summed E-state index contributed by atoms with van der Waals surface area (Å²) >= 11 is 3.27. The Kier molecular flexibility index (Phi) is 4.65. The molecule has 1 aliphatic carbocycles. The van der Waals surface area contributed by atoms with Crippen molar-refractivity contribution in [3.05, 3.63) is 28.2 Å². The van der Waals surface area contributed by atoms with Gasteiger partial charge < -0.3 is 15.9 Å². The van der Waals surface area contributed by atoms with Crippen LogP contribution in [0.5, 0.6) is 5.75 Å². The summed E-state index contributed by atoms with van der Waals surface area (Å²) in [5.41, 5.74) is 6.72. The van der Waals surface area contributed by atoms with E-state index in [2.05, 4.69) is 15.9 Å². The van der Waals surface area contributed by atoms with E-state index in [1.54, 1.807) is 12.1 Å². The van der Waals surface area contributed by atoms with Gasteiger partial charge in [-0.15, -0.1) is 0 Å². The Hall–Kier alpha value is -0.580. The average Bonchev–Trinajstić information content (AvgIpc) is 2.41. The normalized spacial score (nSPS) is 20.6. The number of aromatic hydroxyl groups is 1. The van der Waals surface area contributed by atoms with Crippen molar-refractivity contribution >= 4 is 15.9 Å². The van der Waals surface area contributed by atoms with E-state index in [1.807, 2.05) is 6.07 Å². The summed E-state index contributed by atoms with van der Waals surface area (Å²) in [4.78, 5) is 0. The number of phenols is 1. The van der Waals surface area contributed by atoms with E-state index in [4.69, 9.17) is 5.73 Å². The number of aliphatic hydroxyl groups is 1. The fraction of sp³-hybridized carbons (Fsp3) is 0.571. The second-order valence-corrected chi connectivity index (χ2v) is 5.95. The van der Waals surface area contributed by atoms with E-state index in [9.17, 15) is 10.2 Å². The number of aliphatic hydroxyl groups excluding tert-OH is 1. The van der Waals surface area contributed by atoms with Crippen LogP contribution in [0.1, 0.15) is 43.7 Å². The zero-order valence-corrected chi connectivity index (χ0v) is 11.9. The minimum atomic E-state index is -0.578. The zero-order valence-electron chi connectivity index (χ0n) is 10.3. The standard InChI is InChI=1S/C14H20BrNO2/c15-11-8-4-7-10(14(11)18)12(16)13(17)9-5-2-1-3-6-9/h4,7-9,12-13,17-18H,1-3,5-6,16H2/t12-,13+/m0/s1. The molecule has 2 atom stereocenters. The van der Waals surface area contributed by atoms with Gasteiger partial charge in [0.05, 0.1) is 16.6 Å². The molecule has 100 valence electrons. The summed E-state index contributed by atoms with van der Waals surface area (Å²) in [5, 5.41) is 20.3. The monoisotopic (exact) mass is 313 g/mol. The highest BCUT2D eigenvalue weighted by molar-refractivity contribution is 9.10. The number of benzene rings is 1. The first-order valence-corrected chi connectivity index (χ1v) is 7.31. The number of nitrogens with two attached hydrogens (primary N) is 1. The Balaban J connectivity index is 2.14. The maximum Gasteiger partial charge on any atom is 0.134 e. The molecule has 2 rings (SSSR count). The minimum Gasteiger partial charge on any atom is -0.506 e. The summed E-state index contributed by atoms with van der Waals surface area (Å²) in [6.45, 7) is 0. The molecule has 1 aromatic carbocycles. The van der Waals surface area contributed by atoms with Crippen molar-refractivity contribution in [1.82, 2.24) is 0 Å². The van der Waals surface area contributed by atoms with Crippen LogP contribution < -0.4 is 5.73 Å². The molecule has 1 saturated carbocycles. The Labute approximate surface area is 116 Å². The van der Waals surface area contributed by atoms with Crippen molar-refractivity contribution in [3.8, 4) is 5.75 Å². The number of para-hydroxylation sites is 1. The maximum atomic E-state index is 10.4. The van der Waals surface area contributed by atoms with Crippen LogP contribution in [-0.2, 0) is 0 Å². The number of halogens is 1. The van der Waals surface area contributed by atoms with Gasteiger partial charge in [-0.1, -0.05) is 31.4 Å². The fourth-order valence-electron chi connectivity index (χ4n) is 2.75. The van der Waals surface area contributed by atoms with Crippen LogP contribution in [0.2, 0.25) is 0 Å². The predicted octanol–water partition coefficient (Wildman–Crippen LogP) is 3.10. The highest BCUT2D eigenvalue weighted by Crippen LogP contribution is 2.36. The van der Waals surface area contributed by atoms with Crippen molar-refractivity contribution in [2.24, 2.45) is 11.7 Å². The van der Waals surface area contributed by atoms with Gasteiger partial charge in [0.1, 0.15) is 5.75 Å². The summed E-state index contributed by atoms with van der Waals surface area (Å²) in [6, 6.07) is 4.84. The van der Waals surface area contributed by atoms with Gasteiger partial charge in [0.15, 0.2) is 0 Å². The molecule has 1 aliphatic rings. The number of hydrogen-bond acceptors (Lipinski definition) is 3. The molecule has 0 heterocycles. The Morgan fingerprint density at radius 3 is 2.56 bits per heavy atom. The van der Waals surface area contributed by atoms with Gasteiger partial charge in [0, 0.05) is 5.56 Å². The highest BCUT2D eigenvalue weighted by atomic mass is 79.9. The Morgan fingerprint density at radius 2 is 1.89 bits per heavy atom. The van der Waals surface area contributed by atoms with Crippen molar-refractivity contribution < 1.29 is 10.2 Å². The van der Waals surface area contributed by atoms with E-state index >= 15 is 0 Å². The number of hydrogen-bond donors (Lipinski definition) is 3. The van der Waals surface area contributed by atoms with E-state index in [-0.39, 0.29) is 11.7 Å². The second-order valence-electron chi connectivity index (χ2n) is 5.09. The largest absolute Gasteiger partial charge is 0.506 e. The molecular weight excluding hydrogens is 294 g/mol. The molecule has 0 amide bonds. The molecule has 0 spiro atoms. The summed E-state index contributed by atoms with van der Waals surface area (Å²) in [5.74, 6) is 0.395. The van der Waals surface area contributed by atoms with Gasteiger partial charge in [-0.3, -0.25) is 0 Å². The Morgan fingerprint density at radius 1 is 1.22 bits per heavy atom. The topological polar surface area (TPSA) is 66.5 Å². The second kappa shape index (κ2) is 6.04. The lowest BCUT2D eigenvalue weighted by Gasteiger charge is -2.30. The van der Waals surface area contributed by atoms with E-state index in [0.29, 0.717) is 10.0 Å². The van der Waals surface area contributed by atoms with E-state index in [1.165, 1.54) is 19.3 Å². The quantitative estimate of drug-likeness (QED) is 0.803. The van der Waals surface area contributed by atoms with Gasteiger partial charge in [-0.2, -0.15) is 0 Å². The number of phenolic OH excluding ortho intramolecular Hbond substituents is 1. The van der Waals surface area contributed by atoms with Gasteiger partial charge >= 0.3 is 0 Å². The molecule has 1 aromatic rings. The lowest BCUT2D eigenvalue weighted by molar-refractivity contribution is 0.0611. The third-order valence-corrected chi connectivity index (χ3v) is 4.52. The van der Waals surface area contributed by atoms with Crippen molar-refractivity contribution in [2.75, 3.05) is 0 Å². The van der Waals surface area contributed by atoms with Crippen LogP contribution in [0.15, 0.2) is 22.7 Å². The first-order chi connectivity index (χ1) is 8.61.